The maximum atomic E-state index is 13.7. The number of hydrogen-bond acceptors (Lipinski definition) is 6. The number of aromatic nitrogens is 3. The highest BCUT2D eigenvalue weighted by molar-refractivity contribution is 5.90. The molecule has 2 aliphatic heterocycles. The zero-order chi connectivity index (χ0) is 23.6. The Morgan fingerprint density at radius 1 is 1.30 bits per heavy atom. The standard InChI is InChI=1S/C24H35N5O4/c1-24(2,3)21(29-15-19(26-27-29)16-9-10-16)23(32)28-14-17(30)13-20(28)22(31)25-11-6-8-18-7-4-5-12-33-18/h15-18,20-21,30H,4-5,7,9-14H2,1-3H3,(H,25,31)/t17-,18?,20+,21-/m1/s1. The molecule has 2 N–H and O–H groups in total. The largest absolute Gasteiger partial charge is 0.391 e. The number of rotatable bonds is 5. The molecule has 4 atom stereocenters. The number of ether oxygens (including phenoxy) is 1. The van der Waals surface area contributed by atoms with Gasteiger partial charge in [-0.1, -0.05) is 37.8 Å². The molecule has 4 rings (SSSR count). The summed E-state index contributed by atoms with van der Waals surface area (Å²) in [5, 5.41) is 21.6. The van der Waals surface area contributed by atoms with E-state index in [1.54, 1.807) is 4.68 Å². The summed E-state index contributed by atoms with van der Waals surface area (Å²) in [4.78, 5) is 28.1. The molecule has 2 saturated heterocycles. The maximum Gasteiger partial charge on any atom is 0.248 e. The summed E-state index contributed by atoms with van der Waals surface area (Å²) in [6.45, 7) is 6.94. The summed E-state index contributed by atoms with van der Waals surface area (Å²) >= 11 is 0. The van der Waals surface area contributed by atoms with Gasteiger partial charge in [-0.05, 0) is 37.5 Å². The fourth-order valence-corrected chi connectivity index (χ4v) is 4.59. The molecule has 0 aromatic carbocycles. The van der Waals surface area contributed by atoms with Gasteiger partial charge in [-0.25, -0.2) is 4.68 Å². The van der Waals surface area contributed by atoms with Gasteiger partial charge >= 0.3 is 0 Å². The summed E-state index contributed by atoms with van der Waals surface area (Å²) in [5.41, 5.74) is 0.458. The van der Waals surface area contributed by atoms with Gasteiger partial charge in [0.1, 0.15) is 18.2 Å². The van der Waals surface area contributed by atoms with Gasteiger partial charge in [0.2, 0.25) is 11.8 Å². The van der Waals surface area contributed by atoms with Crippen LogP contribution in [0.25, 0.3) is 0 Å². The van der Waals surface area contributed by atoms with Gasteiger partial charge in [0, 0.05) is 31.7 Å². The third-order valence-electron chi connectivity index (χ3n) is 6.50. The molecule has 180 valence electrons. The number of aliphatic hydroxyl groups is 1. The zero-order valence-electron chi connectivity index (χ0n) is 19.8. The summed E-state index contributed by atoms with van der Waals surface area (Å²) in [5.74, 6) is 5.91. The normalized spacial score (nSPS) is 26.4. The number of nitrogens with zero attached hydrogens (tertiary/aromatic N) is 4. The summed E-state index contributed by atoms with van der Waals surface area (Å²) in [7, 11) is 0. The van der Waals surface area contributed by atoms with Crippen molar-refractivity contribution < 1.29 is 19.4 Å². The van der Waals surface area contributed by atoms with Gasteiger partial charge in [-0.3, -0.25) is 9.59 Å². The van der Waals surface area contributed by atoms with Crippen molar-refractivity contribution in [3.63, 3.8) is 0 Å². The predicted molar refractivity (Wildman–Crippen MR) is 121 cm³/mol. The molecule has 3 heterocycles. The first-order valence-corrected chi connectivity index (χ1v) is 12.0. The number of nitrogens with one attached hydrogen (secondary N) is 1. The van der Waals surface area contributed by atoms with E-state index in [1.807, 2.05) is 27.0 Å². The van der Waals surface area contributed by atoms with Crippen LogP contribution in [0.2, 0.25) is 0 Å². The molecule has 3 aliphatic rings. The molecule has 9 nitrogen and oxygen atoms in total. The minimum atomic E-state index is -0.746. The minimum absolute atomic E-state index is 0.0715. The van der Waals surface area contributed by atoms with Crippen molar-refractivity contribution in [2.45, 2.75) is 89.5 Å². The van der Waals surface area contributed by atoms with Crippen molar-refractivity contribution in [1.82, 2.24) is 25.2 Å². The second-order valence-electron chi connectivity index (χ2n) is 10.5. The Bertz CT molecular complexity index is 917. The molecular formula is C24H35N5O4. The van der Waals surface area contributed by atoms with E-state index in [2.05, 4.69) is 27.5 Å². The first kappa shape index (κ1) is 23.7. The molecule has 0 spiro atoms. The highest BCUT2D eigenvalue weighted by Gasteiger charge is 2.45. The lowest BCUT2D eigenvalue weighted by Crippen LogP contribution is -2.50. The number of likely N-dealkylation sites (tertiary alicyclic amines) is 1. The third kappa shape index (κ3) is 5.74. The number of amides is 2. The zero-order valence-corrected chi connectivity index (χ0v) is 19.8. The van der Waals surface area contributed by atoms with Gasteiger partial charge in [0.25, 0.3) is 0 Å². The van der Waals surface area contributed by atoms with Crippen LogP contribution in [0.3, 0.4) is 0 Å². The molecule has 0 radical (unpaired) electrons. The van der Waals surface area contributed by atoms with E-state index in [4.69, 9.17) is 4.74 Å². The number of carbonyl (C=O) groups is 2. The van der Waals surface area contributed by atoms with Crippen LogP contribution in [0.5, 0.6) is 0 Å². The lowest BCUT2D eigenvalue weighted by atomic mass is 9.85. The van der Waals surface area contributed by atoms with Crippen molar-refractivity contribution in [3.05, 3.63) is 11.9 Å². The van der Waals surface area contributed by atoms with Gasteiger partial charge in [-0.15, -0.1) is 5.10 Å². The van der Waals surface area contributed by atoms with Crippen molar-refractivity contribution in [2.75, 3.05) is 19.7 Å². The Hall–Kier alpha value is -2.44. The van der Waals surface area contributed by atoms with E-state index in [-0.39, 0.29) is 37.4 Å². The maximum absolute atomic E-state index is 13.7. The molecule has 1 aromatic heterocycles. The number of hydrogen-bond donors (Lipinski definition) is 2. The first-order chi connectivity index (χ1) is 15.7. The minimum Gasteiger partial charge on any atom is -0.391 e. The lowest BCUT2D eigenvalue weighted by Gasteiger charge is -2.34. The van der Waals surface area contributed by atoms with Crippen molar-refractivity contribution >= 4 is 11.8 Å². The van der Waals surface area contributed by atoms with Crippen molar-refractivity contribution in [1.29, 1.82) is 0 Å². The fourth-order valence-electron chi connectivity index (χ4n) is 4.59. The van der Waals surface area contributed by atoms with Crippen molar-refractivity contribution in [2.24, 2.45) is 5.41 Å². The van der Waals surface area contributed by atoms with Gasteiger partial charge < -0.3 is 20.1 Å². The van der Waals surface area contributed by atoms with E-state index in [9.17, 15) is 14.7 Å². The first-order valence-electron chi connectivity index (χ1n) is 12.0. The van der Waals surface area contributed by atoms with E-state index >= 15 is 0 Å². The third-order valence-corrected chi connectivity index (χ3v) is 6.50. The average molecular weight is 458 g/mol. The topological polar surface area (TPSA) is 110 Å². The molecule has 9 heteroatoms. The van der Waals surface area contributed by atoms with Gasteiger partial charge in [0.05, 0.1) is 18.3 Å². The fraction of sp³-hybridized carbons (Fsp3) is 0.750. The van der Waals surface area contributed by atoms with E-state index < -0.39 is 23.6 Å². The molecule has 3 fully saturated rings. The molecule has 1 aromatic rings. The number of β-amino-alcohol motifs (C(OH)–C–C–N with tert-alkyl or cyclic N) is 1. The van der Waals surface area contributed by atoms with Crippen molar-refractivity contribution in [3.8, 4) is 11.8 Å². The number of carbonyl (C=O) groups excluding carboxylic acids is 2. The lowest BCUT2D eigenvalue weighted by molar-refractivity contribution is -0.144. The van der Waals surface area contributed by atoms with Crippen LogP contribution in [0.4, 0.5) is 0 Å². The molecule has 0 bridgehead atoms. The molecular weight excluding hydrogens is 422 g/mol. The van der Waals surface area contributed by atoms with Crippen LogP contribution in [0, 0.1) is 17.3 Å². The average Bonchev–Trinajstić information content (AvgIpc) is 3.38. The Labute approximate surface area is 195 Å². The monoisotopic (exact) mass is 457 g/mol. The van der Waals surface area contributed by atoms with E-state index in [0.29, 0.717) is 5.92 Å². The summed E-state index contributed by atoms with van der Waals surface area (Å²) in [6.07, 6.45) is 6.53. The van der Waals surface area contributed by atoms with Gasteiger partial charge in [0.15, 0.2) is 0 Å². The van der Waals surface area contributed by atoms with Crippen LogP contribution in [-0.4, -0.2) is 74.8 Å². The molecule has 1 unspecified atom stereocenters. The summed E-state index contributed by atoms with van der Waals surface area (Å²) in [6, 6.07) is -1.36. The second-order valence-corrected chi connectivity index (χ2v) is 10.5. The van der Waals surface area contributed by atoms with E-state index in [1.165, 1.54) is 4.90 Å². The quantitative estimate of drug-likeness (QED) is 0.647. The molecule has 1 aliphatic carbocycles. The summed E-state index contributed by atoms with van der Waals surface area (Å²) < 4.78 is 7.21. The van der Waals surface area contributed by atoms with Crippen LogP contribution >= 0.6 is 0 Å². The van der Waals surface area contributed by atoms with Crippen LogP contribution in [-0.2, 0) is 14.3 Å². The van der Waals surface area contributed by atoms with Crippen LogP contribution in [0.1, 0.15) is 76.9 Å². The smallest absolute Gasteiger partial charge is 0.248 e. The Morgan fingerprint density at radius 2 is 2.09 bits per heavy atom. The second kappa shape index (κ2) is 9.82. The van der Waals surface area contributed by atoms with Crippen LogP contribution < -0.4 is 5.32 Å². The Balaban J connectivity index is 1.43. The molecule has 2 amide bonds. The van der Waals surface area contributed by atoms with Crippen LogP contribution in [0.15, 0.2) is 6.20 Å². The Kier molecular flexibility index (Phi) is 7.05. The van der Waals surface area contributed by atoms with E-state index in [0.717, 1.165) is 44.4 Å². The number of aliphatic hydroxyl groups excluding tert-OH is 1. The predicted octanol–water partition coefficient (Wildman–Crippen LogP) is 1.39. The highest BCUT2D eigenvalue weighted by atomic mass is 16.5. The molecule has 33 heavy (non-hydrogen) atoms. The highest BCUT2D eigenvalue weighted by Crippen LogP contribution is 2.40. The Morgan fingerprint density at radius 3 is 2.76 bits per heavy atom. The van der Waals surface area contributed by atoms with Gasteiger partial charge in [-0.2, -0.15) is 0 Å². The SMILES string of the molecule is CC(C)(C)[C@@H](C(=O)N1C[C@H](O)C[C@H]1C(=O)NCC#CC1CCCCO1)n1cc(C2CC2)nn1. The molecule has 1 saturated carbocycles.